The highest BCUT2D eigenvalue weighted by molar-refractivity contribution is 5.96. The van der Waals surface area contributed by atoms with Gasteiger partial charge in [0.05, 0.1) is 0 Å². The second-order valence-electron chi connectivity index (χ2n) is 5.70. The number of nitrogens with one attached hydrogen (secondary N) is 2. The van der Waals surface area contributed by atoms with Crippen molar-refractivity contribution in [2.24, 2.45) is 0 Å². The van der Waals surface area contributed by atoms with Crippen molar-refractivity contribution in [2.75, 3.05) is 11.1 Å². The van der Waals surface area contributed by atoms with Crippen LogP contribution in [0.15, 0.2) is 23.3 Å². The fourth-order valence-electron chi connectivity index (χ4n) is 2.62. The first kappa shape index (κ1) is 16.8. The van der Waals surface area contributed by atoms with Gasteiger partial charge in [0.2, 0.25) is 0 Å². The molecule has 0 fully saturated rings. The number of nitrogens with two attached hydrogens (primary N) is 1. The Hall–Kier alpha value is -2.61. The number of halogens is 1. The largest absolute Gasteiger partial charge is 0.384 e. The number of hydrogen-bond donors (Lipinski definition) is 3. The number of fused-ring (bicyclic) bond motifs is 1. The van der Waals surface area contributed by atoms with E-state index in [1.165, 1.54) is 17.0 Å². The van der Waals surface area contributed by atoms with Crippen molar-refractivity contribution in [1.82, 2.24) is 19.9 Å². The van der Waals surface area contributed by atoms with Gasteiger partial charge in [0, 0.05) is 6.07 Å². The Morgan fingerprint density at radius 3 is 2.61 bits per heavy atom. The van der Waals surface area contributed by atoms with Crippen LogP contribution < -0.4 is 21.9 Å². The van der Waals surface area contributed by atoms with Crippen LogP contribution in [-0.4, -0.2) is 20.4 Å². The molecule has 0 atom stereocenters. The van der Waals surface area contributed by atoms with Gasteiger partial charge in [-0.2, -0.15) is 0 Å². The number of aryl methyl sites for hydroxylation is 1. The predicted octanol–water partition coefficient (Wildman–Crippen LogP) is 1.13. The number of carbonyl (C=O) groups is 1. The molecular weight excluding hydrogens is 320 g/mol. The average Bonchev–Trinajstić information content (AvgIpc) is 2.65. The van der Waals surface area contributed by atoms with Crippen LogP contribution in [0.3, 0.4) is 0 Å². The van der Waals surface area contributed by atoms with Gasteiger partial charge in [-0.1, -0.05) is 0 Å². The third kappa shape index (κ3) is 2.72. The summed E-state index contributed by atoms with van der Waals surface area (Å²) in [5.74, 6) is 0.463. The molecule has 0 aromatic carbocycles. The third-order valence-electron chi connectivity index (χ3n) is 3.54. The van der Waals surface area contributed by atoms with E-state index in [-0.39, 0.29) is 23.9 Å². The molecule has 1 aliphatic heterocycles. The number of nitrogen functional groups attached to an aromatic ring is 1. The molecule has 8 nitrogen and oxygen atoms in total. The summed E-state index contributed by atoms with van der Waals surface area (Å²) in [6.45, 7) is 5.33. The first-order chi connectivity index (χ1) is 10.3. The molecule has 0 bridgehead atoms. The fraction of sp³-hybridized carbons (Fsp3) is 0.286. The maximum Gasteiger partial charge on any atom is 0.276 e. The number of nitrogens with zero attached hydrogens (tertiary/aromatic N) is 3. The van der Waals surface area contributed by atoms with Crippen molar-refractivity contribution in [3.8, 4) is 0 Å². The highest BCUT2D eigenvalue weighted by atomic mass is 35.5. The lowest BCUT2D eigenvalue weighted by atomic mass is 10.1. The molecule has 3 heterocycles. The first-order valence-corrected chi connectivity index (χ1v) is 6.74. The number of carbonyl (C=O) groups excluding carboxylic acids is 1. The number of amides is 1. The van der Waals surface area contributed by atoms with E-state index in [1.807, 2.05) is 0 Å². The van der Waals surface area contributed by atoms with Gasteiger partial charge in [-0.15, -0.1) is 12.4 Å². The van der Waals surface area contributed by atoms with Crippen LogP contribution in [0.4, 0.5) is 17.3 Å². The first-order valence-electron chi connectivity index (χ1n) is 6.74. The van der Waals surface area contributed by atoms with Crippen LogP contribution >= 0.6 is 12.4 Å². The molecule has 0 radical (unpaired) electrons. The molecule has 0 saturated heterocycles. The van der Waals surface area contributed by atoms with Gasteiger partial charge in [0.1, 0.15) is 35.0 Å². The number of anilines is 3. The summed E-state index contributed by atoms with van der Waals surface area (Å²) in [5, 5.41) is 5.72. The Morgan fingerprint density at radius 2 is 1.96 bits per heavy atom. The van der Waals surface area contributed by atoms with Crippen molar-refractivity contribution in [1.29, 1.82) is 0 Å². The maximum absolute atomic E-state index is 12.7. The lowest BCUT2D eigenvalue weighted by Crippen LogP contribution is -2.42. The Bertz CT molecular complexity index is 846. The lowest BCUT2D eigenvalue weighted by molar-refractivity contribution is 0.0934. The maximum atomic E-state index is 12.7. The zero-order valence-corrected chi connectivity index (χ0v) is 13.7. The lowest BCUT2D eigenvalue weighted by Gasteiger charge is -2.22. The standard InChI is InChI=1S/C14H16N6O2.ClH/c1-7-4-8(18-10-5-9(15)16-6-17-10)13(22)20-11(7)12(21)19-14(20,2)3;/h4-6H,1-3H3,(H,19,21)(H3,15,16,17,18);1H. The quantitative estimate of drug-likeness (QED) is 0.757. The smallest absolute Gasteiger partial charge is 0.276 e. The summed E-state index contributed by atoms with van der Waals surface area (Å²) in [6.07, 6.45) is 1.31. The van der Waals surface area contributed by atoms with Crippen molar-refractivity contribution in [3.05, 3.63) is 40.1 Å². The van der Waals surface area contributed by atoms with E-state index in [0.29, 0.717) is 28.6 Å². The summed E-state index contributed by atoms with van der Waals surface area (Å²) < 4.78 is 1.46. The highest BCUT2D eigenvalue weighted by Gasteiger charge is 2.37. The van der Waals surface area contributed by atoms with Gasteiger partial charge in [-0.05, 0) is 32.4 Å². The minimum atomic E-state index is -0.781. The summed E-state index contributed by atoms with van der Waals surface area (Å²) in [7, 11) is 0. The van der Waals surface area contributed by atoms with Gasteiger partial charge in [0.15, 0.2) is 0 Å². The molecule has 2 aromatic heterocycles. The van der Waals surface area contributed by atoms with Gasteiger partial charge in [0.25, 0.3) is 11.5 Å². The van der Waals surface area contributed by atoms with E-state index in [2.05, 4.69) is 20.6 Å². The molecule has 0 saturated carbocycles. The monoisotopic (exact) mass is 336 g/mol. The Balaban J connectivity index is 0.00000192. The minimum absolute atomic E-state index is 0. The van der Waals surface area contributed by atoms with Gasteiger partial charge < -0.3 is 16.4 Å². The molecule has 0 unspecified atom stereocenters. The SMILES string of the molecule is Cc1cc(Nc2cc(N)ncn2)c(=O)n2c1C(=O)NC2(C)C.Cl. The molecule has 0 aliphatic carbocycles. The number of pyridine rings is 1. The van der Waals surface area contributed by atoms with E-state index in [0.717, 1.165) is 0 Å². The molecule has 1 aliphatic rings. The van der Waals surface area contributed by atoms with Gasteiger partial charge in [-0.25, -0.2) is 9.97 Å². The molecular formula is C14H17ClN6O2. The van der Waals surface area contributed by atoms with Crippen molar-refractivity contribution in [2.45, 2.75) is 26.4 Å². The van der Waals surface area contributed by atoms with E-state index in [4.69, 9.17) is 5.73 Å². The topological polar surface area (TPSA) is 115 Å². The zero-order chi connectivity index (χ0) is 16.1. The van der Waals surface area contributed by atoms with Crippen LogP contribution in [-0.2, 0) is 5.66 Å². The second kappa shape index (κ2) is 5.54. The minimum Gasteiger partial charge on any atom is -0.384 e. The van der Waals surface area contributed by atoms with Gasteiger partial charge >= 0.3 is 0 Å². The average molecular weight is 337 g/mol. The number of rotatable bonds is 2. The van der Waals surface area contributed by atoms with E-state index in [1.54, 1.807) is 26.8 Å². The Labute approximate surface area is 138 Å². The summed E-state index contributed by atoms with van der Waals surface area (Å²) >= 11 is 0. The Kier molecular flexibility index (Phi) is 4.04. The third-order valence-corrected chi connectivity index (χ3v) is 3.54. The predicted molar refractivity (Wildman–Crippen MR) is 89.2 cm³/mol. The van der Waals surface area contributed by atoms with Crippen LogP contribution in [0.2, 0.25) is 0 Å². The van der Waals surface area contributed by atoms with Crippen LogP contribution in [0.5, 0.6) is 0 Å². The second-order valence-corrected chi connectivity index (χ2v) is 5.70. The van der Waals surface area contributed by atoms with Crippen LogP contribution in [0.25, 0.3) is 0 Å². The number of aromatic nitrogens is 3. The molecule has 0 spiro atoms. The Morgan fingerprint density at radius 1 is 1.26 bits per heavy atom. The molecule has 2 aromatic rings. The zero-order valence-electron chi connectivity index (χ0n) is 12.9. The summed E-state index contributed by atoms with van der Waals surface area (Å²) in [6, 6.07) is 3.16. The molecule has 23 heavy (non-hydrogen) atoms. The molecule has 122 valence electrons. The molecule has 9 heteroatoms. The number of hydrogen-bond acceptors (Lipinski definition) is 6. The van der Waals surface area contributed by atoms with Crippen molar-refractivity contribution >= 4 is 35.6 Å². The molecule has 1 amide bonds. The molecule has 3 rings (SSSR count). The fourth-order valence-corrected chi connectivity index (χ4v) is 2.62. The van der Waals surface area contributed by atoms with Crippen molar-refractivity contribution < 1.29 is 4.79 Å². The summed E-state index contributed by atoms with van der Waals surface area (Å²) in [5.41, 5.74) is 5.92. The van der Waals surface area contributed by atoms with E-state index in [9.17, 15) is 9.59 Å². The van der Waals surface area contributed by atoms with Crippen LogP contribution in [0, 0.1) is 6.92 Å². The normalized spacial score (nSPS) is 14.7. The van der Waals surface area contributed by atoms with Gasteiger partial charge in [-0.3, -0.25) is 14.2 Å². The molecule has 4 N–H and O–H groups in total. The van der Waals surface area contributed by atoms with E-state index < -0.39 is 5.66 Å². The van der Waals surface area contributed by atoms with Crippen molar-refractivity contribution in [3.63, 3.8) is 0 Å². The highest BCUT2D eigenvalue weighted by Crippen LogP contribution is 2.25. The van der Waals surface area contributed by atoms with Crippen LogP contribution in [0.1, 0.15) is 29.9 Å². The van der Waals surface area contributed by atoms with E-state index >= 15 is 0 Å². The summed E-state index contributed by atoms with van der Waals surface area (Å²) in [4.78, 5) is 32.6.